The molecule has 0 bridgehead atoms. The summed E-state index contributed by atoms with van der Waals surface area (Å²) < 4.78 is 27.2. The third-order valence-corrected chi connectivity index (χ3v) is 5.17. The summed E-state index contributed by atoms with van der Waals surface area (Å²) in [6.07, 6.45) is 0.582. The Morgan fingerprint density at radius 1 is 1.00 bits per heavy atom. The predicted molar refractivity (Wildman–Crippen MR) is 101 cm³/mol. The molecule has 0 radical (unpaired) electrons. The van der Waals surface area contributed by atoms with E-state index in [-0.39, 0.29) is 0 Å². The number of rotatable bonds is 4. The second kappa shape index (κ2) is 8.28. The average molecular weight is 407 g/mol. The van der Waals surface area contributed by atoms with E-state index in [0.717, 1.165) is 29.3 Å². The van der Waals surface area contributed by atoms with Crippen LogP contribution in [0.2, 0.25) is 5.02 Å². The number of amides is 3. The Morgan fingerprint density at radius 2 is 1.67 bits per heavy atom. The van der Waals surface area contributed by atoms with E-state index in [1.54, 1.807) is 5.38 Å². The minimum absolute atomic E-state index is 0.335. The predicted octanol–water partition coefficient (Wildman–Crippen LogP) is 5.23. The first-order chi connectivity index (χ1) is 13.0. The summed E-state index contributed by atoms with van der Waals surface area (Å²) >= 11 is 7.47. The molecule has 27 heavy (non-hydrogen) atoms. The molecule has 3 aromatic rings. The normalized spacial score (nSPS) is 10.5. The van der Waals surface area contributed by atoms with Crippen LogP contribution in [0.3, 0.4) is 0 Å². The number of thiophene rings is 1. The van der Waals surface area contributed by atoms with Gasteiger partial charge in [-0.1, -0.05) is 48.0 Å². The van der Waals surface area contributed by atoms with Crippen molar-refractivity contribution in [1.82, 2.24) is 5.32 Å². The van der Waals surface area contributed by atoms with Crippen LogP contribution in [-0.4, -0.2) is 11.9 Å². The molecule has 4 nitrogen and oxygen atoms in total. The van der Waals surface area contributed by atoms with Crippen LogP contribution in [0.25, 0.3) is 0 Å². The Kier molecular flexibility index (Phi) is 5.83. The quantitative estimate of drug-likeness (QED) is 0.623. The topological polar surface area (TPSA) is 58.2 Å². The van der Waals surface area contributed by atoms with Crippen molar-refractivity contribution in [3.8, 4) is 0 Å². The summed E-state index contributed by atoms with van der Waals surface area (Å²) in [5.74, 6) is -3.29. The van der Waals surface area contributed by atoms with Crippen LogP contribution >= 0.6 is 22.9 Å². The second-order valence-electron chi connectivity index (χ2n) is 5.57. The maximum absolute atomic E-state index is 13.6. The second-order valence-corrected chi connectivity index (χ2v) is 6.83. The summed E-state index contributed by atoms with van der Waals surface area (Å²) in [4.78, 5) is 23.9. The van der Waals surface area contributed by atoms with Crippen LogP contribution < -0.4 is 10.6 Å². The van der Waals surface area contributed by atoms with E-state index in [2.05, 4.69) is 5.32 Å². The lowest BCUT2D eigenvalue weighted by molar-refractivity contribution is 0.0959. The Labute approximate surface area is 162 Å². The number of hydrogen-bond acceptors (Lipinski definition) is 3. The van der Waals surface area contributed by atoms with Gasteiger partial charge >= 0.3 is 6.03 Å². The van der Waals surface area contributed by atoms with Gasteiger partial charge in [-0.05, 0) is 35.1 Å². The molecule has 1 heterocycles. The van der Waals surface area contributed by atoms with E-state index in [0.29, 0.717) is 16.4 Å². The largest absolute Gasteiger partial charge is 0.326 e. The maximum atomic E-state index is 13.6. The van der Waals surface area contributed by atoms with Crippen LogP contribution in [0.1, 0.15) is 21.5 Å². The van der Waals surface area contributed by atoms with Gasteiger partial charge in [-0.25, -0.2) is 13.6 Å². The summed E-state index contributed by atoms with van der Waals surface area (Å²) in [7, 11) is 0. The molecule has 2 N–H and O–H groups in total. The Bertz CT molecular complexity index is 972. The number of carbonyl (C=O) groups is 2. The van der Waals surface area contributed by atoms with E-state index in [1.165, 1.54) is 11.3 Å². The lowest BCUT2D eigenvalue weighted by atomic mass is 10.1. The highest BCUT2D eigenvalue weighted by Gasteiger charge is 2.20. The van der Waals surface area contributed by atoms with Crippen LogP contribution in [-0.2, 0) is 6.42 Å². The highest BCUT2D eigenvalue weighted by atomic mass is 35.5. The first-order valence-corrected chi connectivity index (χ1v) is 9.07. The number of benzene rings is 2. The standard InChI is InChI=1S/C19H13ClF2N2O2S/c20-16-12(9-11-5-2-1-3-6-11)10-27-18(16)24-19(26)23-17(25)15-13(21)7-4-8-14(15)22/h1-8,10H,9H2,(H2,23,24,25,26). The molecule has 0 fully saturated rings. The molecule has 1 aromatic heterocycles. The summed E-state index contributed by atoms with van der Waals surface area (Å²) in [6.45, 7) is 0. The molecule has 138 valence electrons. The van der Waals surface area contributed by atoms with Crippen molar-refractivity contribution >= 4 is 39.9 Å². The molecule has 0 spiro atoms. The number of carbonyl (C=O) groups excluding carboxylic acids is 2. The zero-order valence-corrected chi connectivity index (χ0v) is 15.3. The maximum Gasteiger partial charge on any atom is 0.326 e. The molecule has 0 aliphatic carbocycles. The lowest BCUT2D eigenvalue weighted by Crippen LogP contribution is -2.35. The van der Waals surface area contributed by atoms with E-state index >= 15 is 0 Å². The third kappa shape index (κ3) is 4.50. The molecular formula is C19H13ClF2N2O2S. The fourth-order valence-corrected chi connectivity index (χ4v) is 3.63. The Hall–Kier alpha value is -2.77. The van der Waals surface area contributed by atoms with Crippen molar-refractivity contribution in [2.75, 3.05) is 5.32 Å². The molecule has 2 aromatic carbocycles. The fourth-order valence-electron chi connectivity index (χ4n) is 2.41. The van der Waals surface area contributed by atoms with Gasteiger partial charge in [0.05, 0.1) is 5.02 Å². The highest BCUT2D eigenvalue weighted by molar-refractivity contribution is 7.15. The lowest BCUT2D eigenvalue weighted by Gasteiger charge is -2.07. The summed E-state index contributed by atoms with van der Waals surface area (Å²) in [5.41, 5.74) is 1.04. The van der Waals surface area contributed by atoms with Crippen LogP contribution in [0, 0.1) is 11.6 Å². The van der Waals surface area contributed by atoms with Gasteiger partial charge in [0.1, 0.15) is 22.2 Å². The van der Waals surface area contributed by atoms with Gasteiger partial charge in [0.15, 0.2) is 0 Å². The number of halogens is 3. The van der Waals surface area contributed by atoms with Gasteiger partial charge in [-0.15, -0.1) is 11.3 Å². The van der Waals surface area contributed by atoms with Crippen molar-refractivity contribution in [1.29, 1.82) is 0 Å². The molecule has 0 unspecified atom stereocenters. The first-order valence-electron chi connectivity index (χ1n) is 7.82. The van der Waals surface area contributed by atoms with Gasteiger partial charge in [0.2, 0.25) is 0 Å². The van der Waals surface area contributed by atoms with E-state index in [4.69, 9.17) is 11.6 Å². The number of nitrogens with one attached hydrogen (secondary N) is 2. The summed E-state index contributed by atoms with van der Waals surface area (Å²) in [6, 6.07) is 11.7. The van der Waals surface area contributed by atoms with E-state index < -0.39 is 29.1 Å². The number of imide groups is 1. The average Bonchev–Trinajstić information content (AvgIpc) is 2.95. The molecular weight excluding hydrogens is 394 g/mol. The molecule has 0 saturated heterocycles. The van der Waals surface area contributed by atoms with E-state index in [1.807, 2.05) is 35.6 Å². The SMILES string of the molecule is O=C(NC(=O)c1c(F)cccc1F)Nc1scc(Cc2ccccc2)c1Cl. The monoisotopic (exact) mass is 406 g/mol. The van der Waals surface area contributed by atoms with E-state index in [9.17, 15) is 18.4 Å². The molecule has 3 amide bonds. The molecule has 0 saturated carbocycles. The Balaban J connectivity index is 1.67. The molecule has 0 aliphatic heterocycles. The molecule has 0 aliphatic rings. The first kappa shape index (κ1) is 19.0. The number of urea groups is 1. The minimum Gasteiger partial charge on any atom is -0.298 e. The van der Waals surface area contributed by atoms with Crippen molar-refractivity contribution < 1.29 is 18.4 Å². The highest BCUT2D eigenvalue weighted by Crippen LogP contribution is 2.34. The van der Waals surface area contributed by atoms with Crippen LogP contribution in [0.15, 0.2) is 53.9 Å². The fraction of sp³-hybridized carbons (Fsp3) is 0.0526. The zero-order valence-electron chi connectivity index (χ0n) is 13.8. The summed E-state index contributed by atoms with van der Waals surface area (Å²) in [5, 5.41) is 6.80. The smallest absolute Gasteiger partial charge is 0.298 e. The zero-order chi connectivity index (χ0) is 19.4. The molecule has 0 atom stereocenters. The van der Waals surface area contributed by atoms with Crippen molar-refractivity contribution in [2.24, 2.45) is 0 Å². The third-order valence-electron chi connectivity index (χ3n) is 3.68. The van der Waals surface area contributed by atoms with Gasteiger partial charge < -0.3 is 0 Å². The van der Waals surface area contributed by atoms with Crippen molar-refractivity contribution in [3.63, 3.8) is 0 Å². The van der Waals surface area contributed by atoms with Gasteiger partial charge in [-0.2, -0.15) is 0 Å². The van der Waals surface area contributed by atoms with Gasteiger partial charge in [0.25, 0.3) is 5.91 Å². The van der Waals surface area contributed by atoms with Crippen LogP contribution in [0.5, 0.6) is 0 Å². The van der Waals surface area contributed by atoms with Crippen LogP contribution in [0.4, 0.5) is 18.6 Å². The number of hydrogen-bond donors (Lipinski definition) is 2. The molecule has 8 heteroatoms. The van der Waals surface area contributed by atoms with Gasteiger partial charge in [0, 0.05) is 0 Å². The number of anilines is 1. The van der Waals surface area contributed by atoms with Crippen molar-refractivity contribution in [3.05, 3.63) is 87.3 Å². The van der Waals surface area contributed by atoms with Gasteiger partial charge in [-0.3, -0.25) is 15.4 Å². The van der Waals surface area contributed by atoms with Crippen molar-refractivity contribution in [2.45, 2.75) is 6.42 Å². The Morgan fingerprint density at radius 3 is 2.33 bits per heavy atom. The molecule has 3 rings (SSSR count). The minimum atomic E-state index is -1.18.